The van der Waals surface area contributed by atoms with E-state index in [1.54, 1.807) is 4.90 Å². The second-order valence-electron chi connectivity index (χ2n) is 7.48. The number of hydrogen-bond donors (Lipinski definition) is 1. The van der Waals surface area contributed by atoms with Crippen LogP contribution in [0.1, 0.15) is 24.8 Å². The molecule has 2 aliphatic heterocycles. The van der Waals surface area contributed by atoms with Crippen LogP contribution in [-0.4, -0.2) is 83.5 Å². The number of likely N-dealkylation sites (N-methyl/N-ethyl adjacent to an activating group) is 1. The number of likely N-dealkylation sites (tertiary alicyclic amines) is 1. The smallest absolute Gasteiger partial charge is 0.227 e. The fraction of sp³-hybridized carbons (Fsp3) is 0.600. The first-order valence-electron chi connectivity index (χ1n) is 9.46. The van der Waals surface area contributed by atoms with Crippen molar-refractivity contribution in [2.24, 2.45) is 0 Å². The third-order valence-corrected chi connectivity index (χ3v) is 5.93. The number of β-amino-alcohol motifs (C(OH)–C–C–N with tert-alkyl or cyclic N) is 1. The van der Waals surface area contributed by atoms with Gasteiger partial charge in [0.25, 0.3) is 0 Å². The number of rotatable bonds is 4. The fourth-order valence-electron chi connectivity index (χ4n) is 4.15. The molecule has 0 bridgehead atoms. The van der Waals surface area contributed by atoms with Crippen LogP contribution in [0.25, 0.3) is 0 Å². The average Bonchev–Trinajstić information content (AvgIpc) is 2.80. The predicted octanol–water partition coefficient (Wildman–Crippen LogP) is 0.747. The van der Waals surface area contributed by atoms with Crippen molar-refractivity contribution < 1.29 is 14.7 Å². The van der Waals surface area contributed by atoms with Gasteiger partial charge in [0.2, 0.25) is 11.8 Å². The number of nitrogens with zero attached hydrogens (tertiary/aromatic N) is 3. The lowest BCUT2D eigenvalue weighted by atomic mass is 9.86. The summed E-state index contributed by atoms with van der Waals surface area (Å²) in [6.45, 7) is 3.28. The summed E-state index contributed by atoms with van der Waals surface area (Å²) in [5.74, 6) is 0.267. The predicted molar refractivity (Wildman–Crippen MR) is 99.6 cm³/mol. The number of aliphatic hydroxyl groups is 1. The number of carbonyl (C=O) groups is 2. The zero-order valence-corrected chi connectivity index (χ0v) is 15.6. The van der Waals surface area contributed by atoms with Crippen LogP contribution in [0, 0.1) is 0 Å². The van der Waals surface area contributed by atoms with Crippen LogP contribution in [-0.2, 0) is 16.0 Å². The Hall–Kier alpha value is -1.92. The molecule has 1 spiro atoms. The summed E-state index contributed by atoms with van der Waals surface area (Å²) < 4.78 is 0. The van der Waals surface area contributed by atoms with E-state index in [0.717, 1.165) is 31.5 Å². The molecule has 2 fully saturated rings. The van der Waals surface area contributed by atoms with Gasteiger partial charge in [0.05, 0.1) is 13.0 Å². The minimum Gasteiger partial charge on any atom is -0.395 e. The van der Waals surface area contributed by atoms with Crippen LogP contribution >= 0.6 is 0 Å². The van der Waals surface area contributed by atoms with Gasteiger partial charge in [0, 0.05) is 44.7 Å². The molecule has 2 saturated heterocycles. The van der Waals surface area contributed by atoms with Crippen LogP contribution in [0.3, 0.4) is 0 Å². The van der Waals surface area contributed by atoms with Gasteiger partial charge in [0.15, 0.2) is 0 Å². The maximum atomic E-state index is 12.8. The maximum Gasteiger partial charge on any atom is 0.227 e. The summed E-state index contributed by atoms with van der Waals surface area (Å²) in [6.07, 6.45) is 2.50. The maximum absolute atomic E-state index is 12.8. The molecule has 26 heavy (non-hydrogen) atoms. The Kier molecular flexibility index (Phi) is 5.94. The SMILES string of the molecule is CN1CCN(C(=O)Cc2ccccc2)CC12CCC(=O)N(CCO)CC2. The van der Waals surface area contributed by atoms with Gasteiger partial charge in [0.1, 0.15) is 0 Å². The largest absolute Gasteiger partial charge is 0.395 e. The van der Waals surface area contributed by atoms with Crippen molar-refractivity contribution in [3.8, 4) is 0 Å². The second kappa shape index (κ2) is 8.18. The summed E-state index contributed by atoms with van der Waals surface area (Å²) in [5, 5.41) is 9.18. The van der Waals surface area contributed by atoms with E-state index < -0.39 is 0 Å². The Labute approximate surface area is 155 Å². The van der Waals surface area contributed by atoms with Gasteiger partial charge in [-0.15, -0.1) is 0 Å². The summed E-state index contributed by atoms with van der Waals surface area (Å²) in [4.78, 5) is 31.2. The van der Waals surface area contributed by atoms with Crippen molar-refractivity contribution >= 4 is 11.8 Å². The van der Waals surface area contributed by atoms with Gasteiger partial charge in [-0.2, -0.15) is 0 Å². The highest BCUT2D eigenvalue weighted by Crippen LogP contribution is 2.32. The molecule has 1 N–H and O–H groups in total. The minimum atomic E-state index is -0.148. The van der Waals surface area contributed by atoms with Crippen LogP contribution in [0.5, 0.6) is 0 Å². The Morgan fingerprint density at radius 2 is 1.92 bits per heavy atom. The minimum absolute atomic E-state index is 0.00370. The van der Waals surface area contributed by atoms with E-state index in [1.807, 2.05) is 35.2 Å². The molecular weight excluding hydrogens is 330 g/mol. The van der Waals surface area contributed by atoms with E-state index in [9.17, 15) is 14.7 Å². The fourth-order valence-corrected chi connectivity index (χ4v) is 4.15. The normalized spacial score (nSPS) is 24.8. The van der Waals surface area contributed by atoms with E-state index in [4.69, 9.17) is 0 Å². The molecule has 6 heteroatoms. The molecule has 0 aliphatic carbocycles. The van der Waals surface area contributed by atoms with Crippen LogP contribution in [0.15, 0.2) is 30.3 Å². The van der Waals surface area contributed by atoms with Crippen LogP contribution in [0.4, 0.5) is 0 Å². The molecule has 3 rings (SSSR count). The molecule has 6 nitrogen and oxygen atoms in total. The Morgan fingerprint density at radius 3 is 2.65 bits per heavy atom. The highest BCUT2D eigenvalue weighted by Gasteiger charge is 2.43. The first-order chi connectivity index (χ1) is 12.5. The Bertz CT molecular complexity index is 636. The van der Waals surface area contributed by atoms with Gasteiger partial charge in [-0.1, -0.05) is 30.3 Å². The third kappa shape index (κ3) is 4.07. The number of hydrogen-bond acceptors (Lipinski definition) is 4. The Morgan fingerprint density at radius 1 is 1.15 bits per heavy atom. The molecular formula is C20H29N3O3. The molecule has 2 aliphatic rings. The first-order valence-corrected chi connectivity index (χ1v) is 9.46. The van der Waals surface area contributed by atoms with Crippen molar-refractivity contribution in [1.82, 2.24) is 14.7 Å². The molecule has 2 amide bonds. The van der Waals surface area contributed by atoms with Crippen LogP contribution < -0.4 is 0 Å². The lowest BCUT2D eigenvalue weighted by Crippen LogP contribution is -2.62. The lowest BCUT2D eigenvalue weighted by Gasteiger charge is -2.49. The molecule has 1 atom stereocenters. The zero-order chi connectivity index (χ0) is 18.6. The topological polar surface area (TPSA) is 64.1 Å². The number of benzene rings is 1. The van der Waals surface area contributed by atoms with Gasteiger partial charge < -0.3 is 14.9 Å². The molecule has 1 aromatic carbocycles. The molecule has 1 unspecified atom stereocenters. The quantitative estimate of drug-likeness (QED) is 0.862. The van der Waals surface area contributed by atoms with E-state index in [0.29, 0.717) is 32.5 Å². The van der Waals surface area contributed by atoms with Gasteiger partial charge >= 0.3 is 0 Å². The van der Waals surface area contributed by atoms with Crippen molar-refractivity contribution in [2.75, 3.05) is 46.4 Å². The molecule has 142 valence electrons. The monoisotopic (exact) mass is 359 g/mol. The summed E-state index contributed by atoms with van der Waals surface area (Å²) >= 11 is 0. The first kappa shape index (κ1) is 18.9. The van der Waals surface area contributed by atoms with Gasteiger partial charge in [-0.25, -0.2) is 0 Å². The highest BCUT2D eigenvalue weighted by molar-refractivity contribution is 5.79. The zero-order valence-electron chi connectivity index (χ0n) is 15.6. The number of carbonyl (C=O) groups excluding carboxylic acids is 2. The summed E-state index contributed by atoms with van der Waals surface area (Å²) in [5.41, 5.74) is 0.889. The molecule has 1 aromatic rings. The average molecular weight is 359 g/mol. The summed E-state index contributed by atoms with van der Waals surface area (Å²) in [6, 6.07) is 9.85. The van der Waals surface area contributed by atoms with Crippen molar-refractivity contribution in [2.45, 2.75) is 31.2 Å². The number of aliphatic hydroxyl groups excluding tert-OH is 1. The molecule has 0 radical (unpaired) electrons. The second-order valence-corrected chi connectivity index (χ2v) is 7.48. The molecule has 2 heterocycles. The highest BCUT2D eigenvalue weighted by atomic mass is 16.3. The van der Waals surface area contributed by atoms with E-state index in [1.165, 1.54) is 0 Å². The van der Waals surface area contributed by atoms with E-state index in [2.05, 4.69) is 11.9 Å². The van der Waals surface area contributed by atoms with Crippen molar-refractivity contribution in [3.05, 3.63) is 35.9 Å². The third-order valence-electron chi connectivity index (χ3n) is 5.93. The van der Waals surface area contributed by atoms with Crippen LogP contribution in [0.2, 0.25) is 0 Å². The molecule has 0 aromatic heterocycles. The number of piperazine rings is 1. The Balaban J connectivity index is 1.69. The lowest BCUT2D eigenvalue weighted by molar-refractivity contribution is -0.136. The van der Waals surface area contributed by atoms with E-state index in [-0.39, 0.29) is 24.0 Å². The summed E-state index contributed by atoms with van der Waals surface area (Å²) in [7, 11) is 2.10. The van der Waals surface area contributed by atoms with E-state index >= 15 is 0 Å². The van der Waals surface area contributed by atoms with Gasteiger partial charge in [-0.3, -0.25) is 14.5 Å². The van der Waals surface area contributed by atoms with Crippen molar-refractivity contribution in [3.63, 3.8) is 0 Å². The van der Waals surface area contributed by atoms with Gasteiger partial charge in [-0.05, 0) is 25.5 Å². The van der Waals surface area contributed by atoms with Crippen molar-refractivity contribution in [1.29, 1.82) is 0 Å². The number of amides is 2. The molecule has 0 saturated carbocycles. The standard InChI is InChI=1S/C20H29N3O3/c1-21-11-12-23(19(26)15-17-5-3-2-4-6-17)16-20(21)8-7-18(25)22(10-9-20)13-14-24/h2-6,24H,7-16H2,1H3.